The molecule has 8 heteroatoms. The summed E-state index contributed by atoms with van der Waals surface area (Å²) >= 11 is 0. The summed E-state index contributed by atoms with van der Waals surface area (Å²) in [7, 11) is 0. The van der Waals surface area contributed by atoms with Gasteiger partial charge in [0.05, 0.1) is 16.6 Å². The molecule has 2 aromatic carbocycles. The van der Waals surface area contributed by atoms with Crippen LogP contribution in [-0.4, -0.2) is 46.7 Å². The third-order valence-electron chi connectivity index (χ3n) is 6.02. The molecule has 1 aliphatic heterocycles. The molecule has 31 heavy (non-hydrogen) atoms. The molecular weight excluding hydrogens is 402 g/mol. The number of hydrogen-bond acceptors (Lipinski definition) is 4. The van der Waals surface area contributed by atoms with Crippen LogP contribution >= 0.6 is 0 Å². The maximum Gasteiger partial charge on any atom is 0.272 e. The molecule has 1 amide bonds. The second-order valence-corrected chi connectivity index (χ2v) is 8.40. The van der Waals surface area contributed by atoms with E-state index < -0.39 is 17.5 Å². The quantitative estimate of drug-likeness (QED) is 0.638. The summed E-state index contributed by atoms with van der Waals surface area (Å²) in [6.45, 7) is 1.99. The number of benzene rings is 2. The zero-order valence-electron chi connectivity index (χ0n) is 16.8. The Morgan fingerprint density at radius 2 is 1.87 bits per heavy atom. The highest BCUT2D eigenvalue weighted by Crippen LogP contribution is 2.25. The maximum absolute atomic E-state index is 14.5. The van der Waals surface area contributed by atoms with Crippen LogP contribution in [0, 0.1) is 17.6 Å². The fourth-order valence-corrected chi connectivity index (χ4v) is 4.04. The number of H-pyrrole nitrogens is 1. The minimum Gasteiger partial charge on any atom is -0.338 e. The van der Waals surface area contributed by atoms with Crippen molar-refractivity contribution in [1.82, 2.24) is 20.4 Å². The average molecular weight is 424 g/mol. The van der Waals surface area contributed by atoms with E-state index in [9.17, 15) is 18.4 Å². The van der Waals surface area contributed by atoms with Crippen LogP contribution in [0.2, 0.25) is 0 Å². The van der Waals surface area contributed by atoms with Gasteiger partial charge in [-0.3, -0.25) is 9.59 Å². The Balaban J connectivity index is 1.36. The van der Waals surface area contributed by atoms with Gasteiger partial charge >= 0.3 is 0 Å². The second kappa shape index (κ2) is 7.85. The Labute approximate surface area is 177 Å². The predicted molar refractivity (Wildman–Crippen MR) is 112 cm³/mol. The molecule has 2 aliphatic rings. The van der Waals surface area contributed by atoms with Gasteiger partial charge in [0.15, 0.2) is 0 Å². The maximum atomic E-state index is 14.5. The fraction of sp³-hybridized carbons (Fsp3) is 0.348. The van der Waals surface area contributed by atoms with E-state index in [-0.39, 0.29) is 23.1 Å². The lowest BCUT2D eigenvalue weighted by molar-refractivity contribution is 0.0495. The molecule has 0 bridgehead atoms. The normalized spacial score (nSPS) is 16.5. The van der Waals surface area contributed by atoms with E-state index >= 15 is 0 Å². The molecular formula is C23H22F2N4O2. The molecule has 1 saturated carbocycles. The van der Waals surface area contributed by atoms with E-state index in [2.05, 4.69) is 15.5 Å². The molecule has 3 aromatic rings. The number of hydrogen-bond donors (Lipinski definition) is 2. The second-order valence-electron chi connectivity index (χ2n) is 8.40. The number of carbonyl (C=O) groups is 1. The highest BCUT2D eigenvalue weighted by molar-refractivity contribution is 5.95. The largest absolute Gasteiger partial charge is 0.338 e. The van der Waals surface area contributed by atoms with Crippen molar-refractivity contribution in [2.75, 3.05) is 19.6 Å². The number of likely N-dealkylation sites (tertiary alicyclic amines) is 1. The van der Waals surface area contributed by atoms with Gasteiger partial charge in [0, 0.05) is 49.5 Å². The van der Waals surface area contributed by atoms with Crippen LogP contribution in [0.1, 0.15) is 34.5 Å². The molecule has 0 atom stereocenters. The Morgan fingerprint density at radius 3 is 2.61 bits per heavy atom. The van der Waals surface area contributed by atoms with Crippen molar-refractivity contribution in [1.29, 1.82) is 0 Å². The zero-order chi connectivity index (χ0) is 21.5. The SMILES string of the molecule is O=C(c1cc(Cc2n[nH]c(=O)c3ccccc23)c(F)cc1F)N1CC(CNC2CC2)C1. The zero-order valence-corrected chi connectivity index (χ0v) is 16.8. The molecule has 0 unspecified atom stereocenters. The fourth-order valence-electron chi connectivity index (χ4n) is 4.04. The molecule has 5 rings (SSSR count). The van der Waals surface area contributed by atoms with Gasteiger partial charge < -0.3 is 10.2 Å². The number of carbonyl (C=O) groups excluding carboxylic acids is 1. The van der Waals surface area contributed by atoms with Crippen LogP contribution in [0.4, 0.5) is 8.78 Å². The Hall–Kier alpha value is -3.13. The van der Waals surface area contributed by atoms with Crippen molar-refractivity contribution < 1.29 is 13.6 Å². The number of fused-ring (bicyclic) bond motifs is 1. The Bertz CT molecular complexity index is 1220. The molecule has 160 valence electrons. The van der Waals surface area contributed by atoms with Crippen LogP contribution in [-0.2, 0) is 6.42 Å². The average Bonchev–Trinajstić information content (AvgIpc) is 3.55. The van der Waals surface area contributed by atoms with Crippen LogP contribution in [0.15, 0.2) is 41.2 Å². The van der Waals surface area contributed by atoms with E-state index in [1.807, 2.05) is 0 Å². The standard InChI is InChI=1S/C23H22F2N4O2/c24-19-9-20(25)18(23(31)29-11-13(12-29)10-26-15-5-6-15)7-14(19)8-21-16-3-1-2-4-17(16)22(30)28-27-21/h1-4,7,9,13,15,26H,5-6,8,10-12H2,(H,28,30). The first-order chi connectivity index (χ1) is 15.0. The lowest BCUT2D eigenvalue weighted by Crippen LogP contribution is -2.53. The highest BCUT2D eigenvalue weighted by atomic mass is 19.1. The van der Waals surface area contributed by atoms with Crippen LogP contribution in [0.3, 0.4) is 0 Å². The van der Waals surface area contributed by atoms with Crippen molar-refractivity contribution in [3.8, 4) is 0 Å². The lowest BCUT2D eigenvalue weighted by Gasteiger charge is -2.39. The van der Waals surface area contributed by atoms with Crippen LogP contribution < -0.4 is 10.9 Å². The van der Waals surface area contributed by atoms with Crippen molar-refractivity contribution in [2.24, 2.45) is 5.92 Å². The highest BCUT2D eigenvalue weighted by Gasteiger charge is 2.34. The first-order valence-corrected chi connectivity index (χ1v) is 10.5. The number of aromatic nitrogens is 2. The van der Waals surface area contributed by atoms with Gasteiger partial charge in [0.2, 0.25) is 0 Å². The third kappa shape index (κ3) is 3.95. The Kier molecular flexibility index (Phi) is 5.02. The van der Waals surface area contributed by atoms with Gasteiger partial charge in [-0.15, -0.1) is 0 Å². The summed E-state index contributed by atoms with van der Waals surface area (Å²) in [5, 5.41) is 10.9. The summed E-state index contributed by atoms with van der Waals surface area (Å²) in [6.07, 6.45) is 2.44. The predicted octanol–water partition coefficient (Wildman–Crippen LogP) is 2.62. The summed E-state index contributed by atoms with van der Waals surface area (Å²) in [6, 6.07) is 9.52. The summed E-state index contributed by atoms with van der Waals surface area (Å²) in [4.78, 5) is 26.4. The van der Waals surface area contributed by atoms with E-state index in [1.165, 1.54) is 18.9 Å². The first-order valence-electron chi connectivity index (χ1n) is 10.5. The number of halogens is 2. The van der Waals surface area contributed by atoms with Crippen LogP contribution in [0.25, 0.3) is 10.8 Å². The smallest absolute Gasteiger partial charge is 0.272 e. The molecule has 2 fully saturated rings. The number of nitrogens with zero attached hydrogens (tertiary/aromatic N) is 2. The lowest BCUT2D eigenvalue weighted by atomic mass is 9.97. The topological polar surface area (TPSA) is 78.1 Å². The van der Waals surface area contributed by atoms with Crippen molar-refractivity contribution in [2.45, 2.75) is 25.3 Å². The monoisotopic (exact) mass is 424 g/mol. The molecule has 0 spiro atoms. The summed E-state index contributed by atoms with van der Waals surface area (Å²) in [5.74, 6) is -1.68. The van der Waals surface area contributed by atoms with Crippen molar-refractivity contribution in [3.05, 3.63) is 75.2 Å². The Morgan fingerprint density at radius 1 is 1.13 bits per heavy atom. The minimum absolute atomic E-state index is 0.0254. The van der Waals surface area contributed by atoms with Gasteiger partial charge in [-0.05, 0) is 30.5 Å². The molecule has 6 nitrogen and oxygen atoms in total. The first kappa shape index (κ1) is 19.8. The van der Waals surface area contributed by atoms with Crippen molar-refractivity contribution in [3.63, 3.8) is 0 Å². The van der Waals surface area contributed by atoms with Gasteiger partial charge in [-0.25, -0.2) is 13.9 Å². The number of nitrogens with one attached hydrogen (secondary N) is 2. The van der Waals surface area contributed by atoms with E-state index in [4.69, 9.17) is 0 Å². The van der Waals surface area contributed by atoms with E-state index in [0.717, 1.165) is 12.6 Å². The molecule has 1 saturated heterocycles. The van der Waals surface area contributed by atoms with E-state index in [1.54, 1.807) is 29.2 Å². The molecule has 2 N–H and O–H groups in total. The van der Waals surface area contributed by atoms with Gasteiger partial charge in [-0.2, -0.15) is 5.10 Å². The molecule has 2 heterocycles. The minimum atomic E-state index is -0.870. The summed E-state index contributed by atoms with van der Waals surface area (Å²) in [5.41, 5.74) is 0.133. The number of rotatable bonds is 6. The molecule has 0 radical (unpaired) electrons. The van der Waals surface area contributed by atoms with Crippen LogP contribution in [0.5, 0.6) is 0 Å². The number of aromatic amines is 1. The van der Waals surface area contributed by atoms with E-state index in [0.29, 0.717) is 41.5 Å². The van der Waals surface area contributed by atoms with Gasteiger partial charge in [-0.1, -0.05) is 18.2 Å². The molecule has 1 aromatic heterocycles. The number of amides is 1. The van der Waals surface area contributed by atoms with Crippen molar-refractivity contribution >= 4 is 16.7 Å². The molecule has 1 aliphatic carbocycles. The summed E-state index contributed by atoms with van der Waals surface area (Å²) < 4.78 is 29.0. The van der Waals surface area contributed by atoms with Gasteiger partial charge in [0.1, 0.15) is 11.6 Å². The third-order valence-corrected chi connectivity index (χ3v) is 6.02. The van der Waals surface area contributed by atoms with Gasteiger partial charge in [0.25, 0.3) is 11.5 Å².